The van der Waals surface area contributed by atoms with Crippen molar-refractivity contribution in [2.24, 2.45) is 5.73 Å². The molecule has 0 fully saturated rings. The number of amides is 1. The lowest BCUT2D eigenvalue weighted by Crippen LogP contribution is -2.15. The first kappa shape index (κ1) is 13.0. The van der Waals surface area contributed by atoms with Crippen LogP contribution in [0.2, 0.25) is 0 Å². The fourth-order valence-corrected chi connectivity index (χ4v) is 1.90. The molecule has 0 saturated carbocycles. The van der Waals surface area contributed by atoms with Crippen molar-refractivity contribution in [2.75, 3.05) is 11.9 Å². The van der Waals surface area contributed by atoms with Crippen molar-refractivity contribution in [3.05, 3.63) is 48.4 Å². The maximum atomic E-state index is 10.9. The number of benzene rings is 1. The van der Waals surface area contributed by atoms with Gasteiger partial charge < -0.3 is 11.1 Å². The number of anilines is 1. The summed E-state index contributed by atoms with van der Waals surface area (Å²) in [7, 11) is 0. The number of hydrogen-bond donors (Lipinski definition) is 2. The van der Waals surface area contributed by atoms with Gasteiger partial charge in [0.15, 0.2) is 5.69 Å². The Labute approximate surface area is 120 Å². The summed E-state index contributed by atoms with van der Waals surface area (Å²) in [5, 5.41) is 7.16. The first-order valence-electron chi connectivity index (χ1n) is 6.43. The summed E-state index contributed by atoms with van der Waals surface area (Å²) in [6.07, 6.45) is 3.28. The summed E-state index contributed by atoms with van der Waals surface area (Å²) in [5.41, 5.74) is 6.96. The number of hydrogen-bond acceptors (Lipinski definition) is 5. The molecular formula is C14H13N6O. The predicted molar refractivity (Wildman–Crippen MR) is 77.6 cm³/mol. The average Bonchev–Trinajstić information content (AvgIpc) is 2.96. The van der Waals surface area contributed by atoms with Gasteiger partial charge in [-0.25, -0.2) is 4.98 Å². The van der Waals surface area contributed by atoms with Crippen molar-refractivity contribution in [1.82, 2.24) is 19.7 Å². The second-order valence-corrected chi connectivity index (χ2v) is 4.42. The lowest BCUT2D eigenvalue weighted by molar-refractivity contribution is 0.0994. The summed E-state index contributed by atoms with van der Waals surface area (Å²) in [6.45, 7) is 1.17. The Morgan fingerprint density at radius 3 is 2.90 bits per heavy atom. The van der Waals surface area contributed by atoms with E-state index in [-0.39, 0.29) is 5.69 Å². The van der Waals surface area contributed by atoms with Gasteiger partial charge in [-0.2, -0.15) is 5.10 Å². The molecule has 0 aliphatic heterocycles. The molecule has 0 aliphatic carbocycles. The number of nitrogens with one attached hydrogen (secondary N) is 1. The SMILES string of the molecule is NC(=O)c1[c]cn(CCNc2cnc3ccccc3n2)n1. The molecule has 1 amide bonds. The minimum absolute atomic E-state index is 0.139. The minimum atomic E-state index is -0.581. The maximum Gasteiger partial charge on any atom is 0.269 e. The zero-order valence-electron chi connectivity index (χ0n) is 11.2. The Kier molecular flexibility index (Phi) is 3.46. The molecule has 105 valence electrons. The molecule has 1 radical (unpaired) electrons. The third-order valence-electron chi connectivity index (χ3n) is 2.91. The Bertz CT molecular complexity index is 782. The van der Waals surface area contributed by atoms with E-state index in [1.54, 1.807) is 17.1 Å². The number of primary amides is 1. The van der Waals surface area contributed by atoms with Crippen molar-refractivity contribution in [2.45, 2.75) is 6.54 Å². The fraction of sp³-hybridized carbons (Fsp3) is 0.143. The Balaban J connectivity index is 1.62. The highest BCUT2D eigenvalue weighted by molar-refractivity contribution is 5.90. The van der Waals surface area contributed by atoms with Crippen molar-refractivity contribution >= 4 is 22.8 Å². The highest BCUT2D eigenvalue weighted by Crippen LogP contribution is 2.10. The van der Waals surface area contributed by atoms with Crippen LogP contribution >= 0.6 is 0 Å². The topological polar surface area (TPSA) is 98.7 Å². The first-order valence-corrected chi connectivity index (χ1v) is 6.43. The number of carbonyl (C=O) groups excluding carboxylic acids is 1. The van der Waals surface area contributed by atoms with E-state index in [1.807, 2.05) is 24.3 Å². The van der Waals surface area contributed by atoms with Crippen LogP contribution in [0, 0.1) is 6.07 Å². The largest absolute Gasteiger partial charge is 0.367 e. The summed E-state index contributed by atoms with van der Waals surface area (Å²) >= 11 is 0. The molecular weight excluding hydrogens is 268 g/mol. The van der Waals surface area contributed by atoms with Crippen LogP contribution in [0.25, 0.3) is 11.0 Å². The normalized spacial score (nSPS) is 10.7. The zero-order valence-corrected chi connectivity index (χ0v) is 11.2. The van der Waals surface area contributed by atoms with Gasteiger partial charge in [-0.1, -0.05) is 12.1 Å². The number of nitrogens with zero attached hydrogens (tertiary/aromatic N) is 4. The van der Waals surface area contributed by atoms with Crippen LogP contribution in [0.4, 0.5) is 5.82 Å². The van der Waals surface area contributed by atoms with Gasteiger partial charge in [-0.3, -0.25) is 14.5 Å². The Morgan fingerprint density at radius 1 is 1.33 bits per heavy atom. The number of nitrogens with two attached hydrogens (primary N) is 1. The van der Waals surface area contributed by atoms with E-state index in [2.05, 4.69) is 26.4 Å². The molecule has 7 nitrogen and oxygen atoms in total. The number of para-hydroxylation sites is 2. The molecule has 3 aromatic rings. The van der Waals surface area contributed by atoms with Gasteiger partial charge in [-0.05, 0) is 12.1 Å². The van der Waals surface area contributed by atoms with Gasteiger partial charge >= 0.3 is 0 Å². The van der Waals surface area contributed by atoms with E-state index in [9.17, 15) is 4.79 Å². The van der Waals surface area contributed by atoms with E-state index < -0.39 is 5.91 Å². The van der Waals surface area contributed by atoms with Crippen LogP contribution in [0.5, 0.6) is 0 Å². The Hall–Kier alpha value is -2.96. The minimum Gasteiger partial charge on any atom is -0.367 e. The standard InChI is InChI=1S/C14H13N6O/c15-14(21)12-5-7-20(19-12)8-6-16-13-9-17-10-3-1-2-4-11(10)18-13/h1-4,7,9H,6,8H2,(H2,15,21)(H,16,18). The average molecular weight is 281 g/mol. The molecule has 7 heteroatoms. The Morgan fingerprint density at radius 2 is 2.14 bits per heavy atom. The molecule has 0 atom stereocenters. The summed E-state index contributed by atoms with van der Waals surface area (Å²) in [5.74, 6) is 0.113. The van der Waals surface area contributed by atoms with Crippen LogP contribution in [0.1, 0.15) is 10.5 Å². The van der Waals surface area contributed by atoms with Gasteiger partial charge in [0.05, 0.1) is 23.8 Å². The number of fused-ring (bicyclic) bond motifs is 1. The molecule has 3 rings (SSSR count). The molecule has 3 N–H and O–H groups in total. The van der Waals surface area contributed by atoms with Gasteiger partial charge in [0.2, 0.25) is 0 Å². The van der Waals surface area contributed by atoms with Crippen LogP contribution in [0.15, 0.2) is 36.7 Å². The predicted octanol–water partition coefficient (Wildman–Crippen LogP) is 0.837. The highest BCUT2D eigenvalue weighted by Gasteiger charge is 2.05. The quantitative estimate of drug-likeness (QED) is 0.722. The van der Waals surface area contributed by atoms with Gasteiger partial charge in [0, 0.05) is 18.8 Å². The smallest absolute Gasteiger partial charge is 0.269 e. The lowest BCUT2D eigenvalue weighted by Gasteiger charge is -2.06. The molecule has 21 heavy (non-hydrogen) atoms. The third kappa shape index (κ3) is 2.97. The molecule has 0 aliphatic rings. The molecule has 1 aromatic carbocycles. The molecule has 0 bridgehead atoms. The molecule has 2 aromatic heterocycles. The fourth-order valence-electron chi connectivity index (χ4n) is 1.90. The molecule has 0 unspecified atom stereocenters. The number of carbonyl (C=O) groups is 1. The molecule has 2 heterocycles. The van der Waals surface area contributed by atoms with Crippen molar-refractivity contribution in [3.63, 3.8) is 0 Å². The van der Waals surface area contributed by atoms with Gasteiger partial charge in [0.25, 0.3) is 5.91 Å². The second-order valence-electron chi connectivity index (χ2n) is 4.42. The summed E-state index contributed by atoms with van der Waals surface area (Å²) < 4.78 is 1.60. The lowest BCUT2D eigenvalue weighted by atomic mass is 10.3. The van der Waals surface area contributed by atoms with E-state index in [4.69, 9.17) is 5.73 Å². The van der Waals surface area contributed by atoms with Crippen molar-refractivity contribution in [3.8, 4) is 0 Å². The van der Waals surface area contributed by atoms with Crippen molar-refractivity contribution < 1.29 is 4.79 Å². The third-order valence-corrected chi connectivity index (χ3v) is 2.91. The molecule has 0 spiro atoms. The monoisotopic (exact) mass is 281 g/mol. The highest BCUT2D eigenvalue weighted by atomic mass is 16.1. The molecule has 0 saturated heterocycles. The first-order chi connectivity index (χ1) is 10.2. The van der Waals surface area contributed by atoms with Gasteiger partial charge in [0.1, 0.15) is 5.82 Å². The number of rotatable bonds is 5. The summed E-state index contributed by atoms with van der Waals surface area (Å²) in [4.78, 5) is 19.7. The van der Waals surface area contributed by atoms with Crippen molar-refractivity contribution in [1.29, 1.82) is 0 Å². The number of aromatic nitrogens is 4. The summed E-state index contributed by atoms with van der Waals surface area (Å²) in [6, 6.07) is 10.4. The van der Waals surface area contributed by atoms with E-state index in [1.165, 1.54) is 0 Å². The van der Waals surface area contributed by atoms with E-state index >= 15 is 0 Å². The van der Waals surface area contributed by atoms with Crippen LogP contribution in [0.3, 0.4) is 0 Å². The zero-order chi connectivity index (χ0) is 14.7. The van der Waals surface area contributed by atoms with E-state index in [0.29, 0.717) is 18.9 Å². The van der Waals surface area contributed by atoms with Crippen LogP contribution < -0.4 is 11.1 Å². The van der Waals surface area contributed by atoms with Crippen LogP contribution in [-0.2, 0) is 6.54 Å². The second kappa shape index (κ2) is 5.58. The van der Waals surface area contributed by atoms with Gasteiger partial charge in [-0.15, -0.1) is 0 Å². The van der Waals surface area contributed by atoms with Crippen LogP contribution in [-0.4, -0.2) is 32.2 Å². The van der Waals surface area contributed by atoms with E-state index in [0.717, 1.165) is 11.0 Å². The maximum absolute atomic E-state index is 10.9.